The Morgan fingerprint density at radius 3 is 2.35 bits per heavy atom. The summed E-state index contributed by atoms with van der Waals surface area (Å²) in [6.07, 6.45) is -5.59. The van der Waals surface area contributed by atoms with Gasteiger partial charge in [0.1, 0.15) is 29.7 Å². The van der Waals surface area contributed by atoms with Gasteiger partial charge in [-0.15, -0.1) is 0 Å². The van der Waals surface area contributed by atoms with Crippen LogP contribution in [-0.2, 0) is 34.6 Å². The first-order valence-corrected chi connectivity index (χ1v) is 20.0. The van der Waals surface area contributed by atoms with Crippen LogP contribution in [0.2, 0.25) is 0 Å². The number of thiazole rings is 1. The number of benzene rings is 2. The molecule has 2 unspecified atom stereocenters. The summed E-state index contributed by atoms with van der Waals surface area (Å²) in [6, 6.07) is 7.04. The SMILES string of the molecule is CC1CN(c2nc3nc([C@H](Cc4cc(F)cc(F)c4)NC(=O)Cn4nc(C(F)(F)F)c5c4C(F)(F)[C@@H]4C[C@H]54)c(-c4ccc(F)c(C(N)=O)c4)cc3s2)CC(C)N1C1COC1. The molecule has 1 saturated carbocycles. The lowest BCUT2D eigenvalue weighted by molar-refractivity contribution is -0.142. The highest BCUT2D eigenvalue weighted by atomic mass is 32.1. The largest absolute Gasteiger partial charge is 0.435 e. The zero-order valence-corrected chi connectivity index (χ0v) is 32.7. The molecule has 0 bridgehead atoms. The molecule has 3 N–H and O–H groups in total. The number of nitrogens with two attached hydrogens (primary N) is 1. The summed E-state index contributed by atoms with van der Waals surface area (Å²) in [5, 5.41) is 6.71. The van der Waals surface area contributed by atoms with Gasteiger partial charge in [0.15, 0.2) is 16.5 Å². The van der Waals surface area contributed by atoms with Gasteiger partial charge in [0, 0.05) is 48.3 Å². The fourth-order valence-electron chi connectivity index (χ4n) is 9.14. The molecular weight excluding hydrogens is 825 g/mol. The molecule has 2 aromatic carbocycles. The number of carbonyl (C=O) groups is 2. The molecule has 0 spiro atoms. The monoisotopic (exact) mass is 860 g/mol. The van der Waals surface area contributed by atoms with Crippen LogP contribution in [0, 0.1) is 23.4 Å². The van der Waals surface area contributed by atoms with Crippen LogP contribution in [0.15, 0.2) is 42.5 Å². The molecule has 4 aliphatic rings. The fourth-order valence-corrected chi connectivity index (χ4v) is 10.1. The maximum atomic E-state index is 15.4. The second-order valence-electron chi connectivity index (χ2n) is 16.0. The first kappa shape index (κ1) is 40.2. The van der Waals surface area contributed by atoms with Crippen LogP contribution in [0.5, 0.6) is 0 Å². The van der Waals surface area contributed by atoms with E-state index < -0.39 is 88.3 Å². The maximum Gasteiger partial charge on any atom is 0.435 e. The molecule has 2 saturated heterocycles. The van der Waals surface area contributed by atoms with Crippen molar-refractivity contribution < 1.29 is 49.4 Å². The number of piperazine rings is 1. The predicted molar refractivity (Wildman–Crippen MR) is 202 cm³/mol. The molecule has 3 aromatic heterocycles. The lowest BCUT2D eigenvalue weighted by atomic mass is 9.94. The molecule has 60 heavy (non-hydrogen) atoms. The summed E-state index contributed by atoms with van der Waals surface area (Å²) in [4.78, 5) is 40.4. The number of aromatic nitrogens is 4. The van der Waals surface area contributed by atoms with Crippen molar-refractivity contribution in [2.45, 2.75) is 75.4 Å². The van der Waals surface area contributed by atoms with Gasteiger partial charge in [0.25, 0.3) is 11.8 Å². The number of carbonyl (C=O) groups excluding carboxylic acids is 2. The molecule has 2 amide bonds. The highest BCUT2D eigenvalue weighted by Gasteiger charge is 2.68. The third kappa shape index (κ3) is 7.04. The molecular formula is C40H36F8N8O3S. The van der Waals surface area contributed by atoms with Crippen LogP contribution in [-0.4, -0.2) is 80.9 Å². The maximum absolute atomic E-state index is 15.4. The Balaban J connectivity index is 1.13. The fraction of sp³-hybridized carbons (Fsp3) is 0.425. The van der Waals surface area contributed by atoms with E-state index in [1.807, 2.05) is 0 Å². The van der Waals surface area contributed by atoms with Gasteiger partial charge in [0.05, 0.1) is 41.3 Å². The van der Waals surface area contributed by atoms with E-state index in [1.54, 1.807) is 6.07 Å². The number of ether oxygens (including phenoxy) is 1. The van der Waals surface area contributed by atoms with Crippen LogP contribution in [0.1, 0.15) is 70.8 Å². The van der Waals surface area contributed by atoms with Gasteiger partial charge in [-0.25, -0.2) is 18.2 Å². The third-order valence-corrected chi connectivity index (χ3v) is 12.8. The zero-order valence-electron chi connectivity index (χ0n) is 31.9. The van der Waals surface area contributed by atoms with Crippen molar-refractivity contribution in [3.05, 3.63) is 93.7 Å². The molecule has 316 valence electrons. The average molecular weight is 861 g/mol. The Bertz CT molecular complexity index is 2530. The summed E-state index contributed by atoms with van der Waals surface area (Å²) < 4.78 is 123. The third-order valence-electron chi connectivity index (χ3n) is 11.8. The number of anilines is 1. The van der Waals surface area contributed by atoms with E-state index in [9.17, 15) is 35.9 Å². The Morgan fingerprint density at radius 2 is 1.72 bits per heavy atom. The molecule has 20 heteroatoms. The van der Waals surface area contributed by atoms with E-state index in [0.717, 1.165) is 18.2 Å². The Labute approximate surface area is 340 Å². The number of alkyl halides is 5. The van der Waals surface area contributed by atoms with E-state index in [-0.39, 0.29) is 53.0 Å². The number of pyridine rings is 1. The number of hydrogen-bond acceptors (Lipinski definition) is 9. The van der Waals surface area contributed by atoms with Crippen LogP contribution < -0.4 is 16.0 Å². The van der Waals surface area contributed by atoms with Crippen molar-refractivity contribution in [2.75, 3.05) is 31.2 Å². The minimum absolute atomic E-state index is 0.00388. The van der Waals surface area contributed by atoms with Crippen molar-refractivity contribution in [1.29, 1.82) is 0 Å². The molecule has 0 radical (unpaired) electrons. The van der Waals surface area contributed by atoms with Crippen molar-refractivity contribution in [3.8, 4) is 11.1 Å². The molecule has 2 aliphatic heterocycles. The Morgan fingerprint density at radius 1 is 1.02 bits per heavy atom. The van der Waals surface area contributed by atoms with E-state index in [2.05, 4.69) is 34.1 Å². The Hall–Kier alpha value is -5.21. The lowest BCUT2D eigenvalue weighted by Gasteiger charge is -2.50. The zero-order chi connectivity index (χ0) is 42.6. The number of fused-ring (bicyclic) bond motifs is 4. The summed E-state index contributed by atoms with van der Waals surface area (Å²) >= 11 is 1.31. The van der Waals surface area contributed by atoms with Crippen molar-refractivity contribution in [2.24, 2.45) is 11.7 Å². The minimum Gasteiger partial charge on any atom is -0.378 e. The van der Waals surface area contributed by atoms with Gasteiger partial charge in [-0.2, -0.15) is 32.0 Å². The Kier molecular flexibility index (Phi) is 9.70. The van der Waals surface area contributed by atoms with Crippen LogP contribution in [0.3, 0.4) is 0 Å². The number of rotatable bonds is 10. The van der Waals surface area contributed by atoms with Gasteiger partial charge >= 0.3 is 6.18 Å². The van der Waals surface area contributed by atoms with Crippen molar-refractivity contribution in [1.82, 2.24) is 30.0 Å². The summed E-state index contributed by atoms with van der Waals surface area (Å²) in [6.45, 7) is 5.70. The summed E-state index contributed by atoms with van der Waals surface area (Å²) in [5.74, 6) is -11.0. The first-order chi connectivity index (χ1) is 28.4. The molecule has 5 aromatic rings. The van der Waals surface area contributed by atoms with Crippen molar-refractivity contribution in [3.63, 3.8) is 0 Å². The van der Waals surface area contributed by atoms with E-state index >= 15 is 8.78 Å². The topological polar surface area (TPSA) is 132 Å². The smallest absolute Gasteiger partial charge is 0.378 e. The highest BCUT2D eigenvalue weighted by Crippen LogP contribution is 2.68. The highest BCUT2D eigenvalue weighted by molar-refractivity contribution is 7.22. The van der Waals surface area contributed by atoms with Gasteiger partial charge in [-0.3, -0.25) is 19.2 Å². The number of nitrogens with zero attached hydrogens (tertiary/aromatic N) is 6. The van der Waals surface area contributed by atoms with E-state index in [0.29, 0.717) is 52.9 Å². The number of halogens is 8. The lowest BCUT2D eigenvalue weighted by Crippen LogP contribution is -2.64. The predicted octanol–water partition coefficient (Wildman–Crippen LogP) is 6.70. The average Bonchev–Trinajstić information content (AvgIpc) is 3.59. The molecule has 5 heterocycles. The quantitative estimate of drug-likeness (QED) is 0.149. The number of amides is 2. The minimum atomic E-state index is -5.07. The second-order valence-corrected chi connectivity index (χ2v) is 17.0. The van der Waals surface area contributed by atoms with E-state index in [4.69, 9.17) is 20.4 Å². The first-order valence-electron chi connectivity index (χ1n) is 19.2. The molecule has 2 aliphatic carbocycles. The van der Waals surface area contributed by atoms with Crippen LogP contribution in [0.4, 0.5) is 40.3 Å². The van der Waals surface area contributed by atoms with Crippen molar-refractivity contribution >= 4 is 38.6 Å². The van der Waals surface area contributed by atoms with E-state index in [1.165, 1.54) is 23.5 Å². The van der Waals surface area contributed by atoms with Gasteiger partial charge < -0.3 is 20.7 Å². The number of primary amides is 1. The second kappa shape index (κ2) is 14.5. The molecule has 3 fully saturated rings. The van der Waals surface area contributed by atoms with Crippen LogP contribution >= 0.6 is 11.3 Å². The number of hydrogen-bond donors (Lipinski definition) is 2. The molecule has 9 rings (SSSR count). The van der Waals surface area contributed by atoms with Crippen LogP contribution in [0.25, 0.3) is 21.5 Å². The molecule has 5 atom stereocenters. The molecule has 11 nitrogen and oxygen atoms in total. The van der Waals surface area contributed by atoms with Gasteiger partial charge in [0.2, 0.25) is 5.91 Å². The van der Waals surface area contributed by atoms with Gasteiger partial charge in [-0.1, -0.05) is 17.4 Å². The standard InChI is InChI=1S/C40H36F8N8O3S/c1-17-12-54(13-18(2)56(17)23-15-59-16-23)38-52-37-30(60-38)11-24(20-3-4-28(43)26(8-20)36(49)58)33(51-37)29(7-19-5-21(41)9-22(42)6-19)50-31(57)14-55-35-32(34(53-55)40(46,47)48)25-10-27(25)39(35,44)45/h3-6,8-9,11,17-18,23,25,27,29H,7,10,12-16H2,1-2H3,(H2,49,58)(H,50,57)/t17?,18?,25-,27+,29-/m0/s1. The summed E-state index contributed by atoms with van der Waals surface area (Å²) in [7, 11) is 0. The summed E-state index contributed by atoms with van der Waals surface area (Å²) in [5.41, 5.74) is 2.55. The number of nitrogens with one attached hydrogen (secondary N) is 1. The normalized spacial score (nSPS) is 23.0. The van der Waals surface area contributed by atoms with Gasteiger partial charge in [-0.05, 0) is 74.1 Å².